The summed E-state index contributed by atoms with van der Waals surface area (Å²) in [6, 6.07) is 20.4. The van der Waals surface area contributed by atoms with Gasteiger partial charge in [0.25, 0.3) is 5.91 Å². The topological polar surface area (TPSA) is 23.6 Å². The first-order valence-corrected chi connectivity index (χ1v) is 8.50. The van der Waals surface area contributed by atoms with Crippen LogP contribution in [0.4, 0.5) is 10.1 Å². The fourth-order valence-corrected chi connectivity index (χ4v) is 3.40. The number of piperazine rings is 1. The van der Waals surface area contributed by atoms with Crippen molar-refractivity contribution in [2.24, 2.45) is 0 Å². The lowest BCUT2D eigenvalue weighted by Gasteiger charge is -2.36. The van der Waals surface area contributed by atoms with Crippen LogP contribution in [0.3, 0.4) is 0 Å². The highest BCUT2D eigenvalue weighted by Gasteiger charge is 2.23. The summed E-state index contributed by atoms with van der Waals surface area (Å²) >= 11 is 0. The zero-order valence-corrected chi connectivity index (χ0v) is 13.9. The summed E-state index contributed by atoms with van der Waals surface area (Å²) in [5.41, 5.74) is 1.76. The molecule has 0 N–H and O–H groups in total. The lowest BCUT2D eigenvalue weighted by molar-refractivity contribution is 0.0749. The van der Waals surface area contributed by atoms with E-state index in [9.17, 15) is 9.18 Å². The lowest BCUT2D eigenvalue weighted by Crippen LogP contribution is -2.48. The summed E-state index contributed by atoms with van der Waals surface area (Å²) in [7, 11) is 0. The number of halogens is 1. The maximum absolute atomic E-state index is 13.1. The molecule has 0 aliphatic carbocycles. The Morgan fingerprint density at radius 1 is 0.800 bits per heavy atom. The number of hydrogen-bond donors (Lipinski definition) is 0. The summed E-state index contributed by atoms with van der Waals surface area (Å²) in [6.45, 7) is 2.84. The summed E-state index contributed by atoms with van der Waals surface area (Å²) < 4.78 is 13.1. The minimum atomic E-state index is -0.228. The van der Waals surface area contributed by atoms with Crippen molar-refractivity contribution in [2.45, 2.75) is 0 Å². The van der Waals surface area contributed by atoms with Crippen LogP contribution in [0.1, 0.15) is 10.4 Å². The Morgan fingerprint density at radius 2 is 1.48 bits per heavy atom. The van der Waals surface area contributed by atoms with Gasteiger partial charge in [-0.3, -0.25) is 4.79 Å². The Bertz CT molecular complexity index is 894. The van der Waals surface area contributed by atoms with Gasteiger partial charge in [0.2, 0.25) is 0 Å². The predicted octanol–water partition coefficient (Wildman–Crippen LogP) is 3.94. The van der Waals surface area contributed by atoms with Crippen LogP contribution in [0.2, 0.25) is 0 Å². The molecule has 3 aromatic carbocycles. The molecule has 0 atom stereocenters. The van der Waals surface area contributed by atoms with Crippen LogP contribution in [0.15, 0.2) is 66.7 Å². The van der Waals surface area contributed by atoms with Crippen LogP contribution in [0, 0.1) is 5.82 Å². The van der Waals surface area contributed by atoms with Crippen LogP contribution in [0.25, 0.3) is 10.8 Å². The van der Waals surface area contributed by atoms with Crippen LogP contribution in [-0.2, 0) is 0 Å². The van der Waals surface area contributed by atoms with Crippen molar-refractivity contribution in [3.63, 3.8) is 0 Å². The Kier molecular flexibility index (Phi) is 4.10. The largest absolute Gasteiger partial charge is 0.368 e. The molecule has 1 amide bonds. The standard InChI is InChI=1S/C21H19FN2O/c22-17-8-10-18(11-9-17)23-12-14-24(15-13-23)21(25)20-7-3-5-16-4-1-2-6-19(16)20/h1-11H,12-15H2. The molecule has 4 rings (SSSR count). The van der Waals surface area contributed by atoms with Crippen LogP contribution >= 0.6 is 0 Å². The molecule has 126 valence electrons. The van der Waals surface area contributed by atoms with Gasteiger partial charge in [-0.05, 0) is 41.1 Å². The van der Waals surface area contributed by atoms with Crippen molar-refractivity contribution in [2.75, 3.05) is 31.1 Å². The first kappa shape index (κ1) is 15.6. The van der Waals surface area contributed by atoms with Gasteiger partial charge in [0.1, 0.15) is 5.82 Å². The molecule has 1 fully saturated rings. The number of hydrogen-bond acceptors (Lipinski definition) is 2. The average molecular weight is 334 g/mol. The second kappa shape index (κ2) is 6.55. The van der Waals surface area contributed by atoms with E-state index in [1.807, 2.05) is 47.4 Å². The maximum Gasteiger partial charge on any atom is 0.254 e. The third-order valence-corrected chi connectivity index (χ3v) is 4.78. The van der Waals surface area contributed by atoms with Crippen molar-refractivity contribution >= 4 is 22.4 Å². The number of amides is 1. The molecule has 0 aromatic heterocycles. The maximum atomic E-state index is 13.1. The van der Waals surface area contributed by atoms with Crippen LogP contribution in [-0.4, -0.2) is 37.0 Å². The third-order valence-electron chi connectivity index (χ3n) is 4.78. The zero-order chi connectivity index (χ0) is 17.2. The van der Waals surface area contributed by atoms with E-state index in [1.165, 1.54) is 12.1 Å². The zero-order valence-electron chi connectivity index (χ0n) is 13.9. The van der Waals surface area contributed by atoms with Crippen molar-refractivity contribution < 1.29 is 9.18 Å². The SMILES string of the molecule is O=C(c1cccc2ccccc12)N1CCN(c2ccc(F)cc2)CC1. The summed E-state index contributed by atoms with van der Waals surface area (Å²) in [5, 5.41) is 2.08. The van der Waals surface area contributed by atoms with Gasteiger partial charge in [0.05, 0.1) is 0 Å². The molecule has 0 saturated carbocycles. The monoisotopic (exact) mass is 334 g/mol. The molecule has 1 saturated heterocycles. The van der Waals surface area contributed by atoms with Gasteiger partial charge in [0.15, 0.2) is 0 Å². The van der Waals surface area contributed by atoms with Crippen molar-refractivity contribution in [1.82, 2.24) is 4.90 Å². The molecule has 25 heavy (non-hydrogen) atoms. The van der Waals surface area contributed by atoms with Gasteiger partial charge < -0.3 is 9.80 Å². The predicted molar refractivity (Wildman–Crippen MR) is 98.5 cm³/mol. The van der Waals surface area contributed by atoms with E-state index >= 15 is 0 Å². The highest BCUT2D eigenvalue weighted by atomic mass is 19.1. The van der Waals surface area contributed by atoms with E-state index in [4.69, 9.17) is 0 Å². The van der Waals surface area contributed by atoms with Crippen LogP contribution < -0.4 is 4.90 Å². The summed E-state index contributed by atoms with van der Waals surface area (Å²) in [5.74, 6) is -0.149. The highest BCUT2D eigenvalue weighted by molar-refractivity contribution is 6.07. The number of benzene rings is 3. The van der Waals surface area contributed by atoms with Gasteiger partial charge >= 0.3 is 0 Å². The molecular formula is C21H19FN2O. The summed E-state index contributed by atoms with van der Waals surface area (Å²) in [6.07, 6.45) is 0. The quantitative estimate of drug-likeness (QED) is 0.709. The molecule has 3 aromatic rings. The Balaban J connectivity index is 1.50. The molecule has 3 nitrogen and oxygen atoms in total. The molecule has 0 unspecified atom stereocenters. The lowest BCUT2D eigenvalue weighted by atomic mass is 10.0. The molecule has 0 spiro atoms. The number of fused-ring (bicyclic) bond motifs is 1. The molecular weight excluding hydrogens is 315 g/mol. The molecule has 1 heterocycles. The van der Waals surface area contributed by atoms with Crippen molar-refractivity contribution in [3.8, 4) is 0 Å². The van der Waals surface area contributed by atoms with Gasteiger partial charge in [-0.2, -0.15) is 0 Å². The Labute approximate surface area is 146 Å². The minimum absolute atomic E-state index is 0.0792. The normalized spacial score (nSPS) is 14.8. The van der Waals surface area contributed by atoms with Gasteiger partial charge in [-0.1, -0.05) is 36.4 Å². The van der Waals surface area contributed by atoms with Crippen LogP contribution in [0.5, 0.6) is 0 Å². The second-order valence-corrected chi connectivity index (χ2v) is 6.28. The first-order valence-electron chi connectivity index (χ1n) is 8.50. The summed E-state index contributed by atoms with van der Waals surface area (Å²) in [4.78, 5) is 17.1. The fourth-order valence-electron chi connectivity index (χ4n) is 3.40. The van der Waals surface area contributed by atoms with E-state index < -0.39 is 0 Å². The Hall–Kier alpha value is -2.88. The van der Waals surface area contributed by atoms with E-state index in [2.05, 4.69) is 4.90 Å². The smallest absolute Gasteiger partial charge is 0.254 e. The first-order chi connectivity index (χ1) is 12.2. The minimum Gasteiger partial charge on any atom is -0.368 e. The number of anilines is 1. The number of nitrogens with zero attached hydrogens (tertiary/aromatic N) is 2. The van der Waals surface area contributed by atoms with E-state index in [0.29, 0.717) is 13.1 Å². The third kappa shape index (κ3) is 3.07. The van der Waals surface area contributed by atoms with Gasteiger partial charge in [-0.15, -0.1) is 0 Å². The molecule has 0 radical (unpaired) electrons. The molecule has 1 aliphatic heterocycles. The molecule has 1 aliphatic rings. The number of carbonyl (C=O) groups excluding carboxylic acids is 1. The molecule has 0 bridgehead atoms. The molecule has 4 heteroatoms. The van der Waals surface area contributed by atoms with Crippen molar-refractivity contribution in [3.05, 3.63) is 78.1 Å². The van der Waals surface area contributed by atoms with E-state index in [-0.39, 0.29) is 11.7 Å². The average Bonchev–Trinajstić information content (AvgIpc) is 2.68. The van der Waals surface area contributed by atoms with Crippen molar-refractivity contribution in [1.29, 1.82) is 0 Å². The fraction of sp³-hybridized carbons (Fsp3) is 0.190. The highest BCUT2D eigenvalue weighted by Crippen LogP contribution is 2.22. The van der Waals surface area contributed by atoms with E-state index in [1.54, 1.807) is 12.1 Å². The van der Waals surface area contributed by atoms with E-state index in [0.717, 1.165) is 35.1 Å². The second-order valence-electron chi connectivity index (χ2n) is 6.28. The van der Waals surface area contributed by atoms with Gasteiger partial charge in [0, 0.05) is 37.4 Å². The van der Waals surface area contributed by atoms with Gasteiger partial charge in [-0.25, -0.2) is 4.39 Å². The Morgan fingerprint density at radius 3 is 2.24 bits per heavy atom. The number of rotatable bonds is 2. The number of carbonyl (C=O) groups is 1.